The highest BCUT2D eigenvalue weighted by Crippen LogP contribution is 2.36. The van der Waals surface area contributed by atoms with Crippen molar-refractivity contribution in [3.63, 3.8) is 0 Å². The lowest BCUT2D eigenvalue weighted by Crippen LogP contribution is -2.39. The standard InChI is InChI=1S/C13H27NO4Si/c1-10(15)8-12(16)17-11(2)9-14-18-19(6,7)13(3,4)5/h9-11,15H,8H2,1-7H3/b14-9+/t10-,11+/m1/s1. The molecule has 2 atom stereocenters. The van der Waals surface area contributed by atoms with Gasteiger partial charge in [0.2, 0.25) is 0 Å². The number of hydrogen-bond donors (Lipinski definition) is 1. The highest BCUT2D eigenvalue weighted by molar-refractivity contribution is 6.74. The number of oxime groups is 1. The normalized spacial score (nSPS) is 16.2. The molecular weight excluding hydrogens is 262 g/mol. The van der Waals surface area contributed by atoms with Gasteiger partial charge < -0.3 is 14.4 Å². The smallest absolute Gasteiger partial charge is 0.309 e. The van der Waals surface area contributed by atoms with Crippen molar-refractivity contribution in [2.75, 3.05) is 0 Å². The maximum atomic E-state index is 11.3. The van der Waals surface area contributed by atoms with Crippen LogP contribution < -0.4 is 0 Å². The highest BCUT2D eigenvalue weighted by atomic mass is 28.4. The van der Waals surface area contributed by atoms with Crippen molar-refractivity contribution in [3.8, 4) is 0 Å². The highest BCUT2D eigenvalue weighted by Gasteiger charge is 2.39. The lowest BCUT2D eigenvalue weighted by atomic mass is 10.2. The minimum Gasteiger partial charge on any atom is -0.457 e. The first kappa shape index (κ1) is 18.1. The van der Waals surface area contributed by atoms with Crippen molar-refractivity contribution >= 4 is 20.5 Å². The number of nitrogens with zero attached hydrogens (tertiary/aromatic N) is 1. The third-order valence-corrected chi connectivity index (χ3v) is 7.31. The van der Waals surface area contributed by atoms with Crippen molar-refractivity contribution in [2.45, 2.75) is 71.4 Å². The third-order valence-electron chi connectivity index (χ3n) is 3.14. The molecule has 0 aromatic heterocycles. The molecule has 5 nitrogen and oxygen atoms in total. The average molecular weight is 289 g/mol. The number of carbonyl (C=O) groups excluding carboxylic acids is 1. The molecule has 19 heavy (non-hydrogen) atoms. The quantitative estimate of drug-likeness (QED) is 0.353. The zero-order chi connectivity index (χ0) is 15.3. The van der Waals surface area contributed by atoms with E-state index in [0.29, 0.717) is 0 Å². The van der Waals surface area contributed by atoms with E-state index in [0.717, 1.165) is 0 Å². The Morgan fingerprint density at radius 2 is 1.89 bits per heavy atom. The van der Waals surface area contributed by atoms with E-state index < -0.39 is 26.5 Å². The lowest BCUT2D eigenvalue weighted by molar-refractivity contribution is -0.147. The van der Waals surface area contributed by atoms with Gasteiger partial charge in [-0.05, 0) is 32.0 Å². The van der Waals surface area contributed by atoms with Crippen molar-refractivity contribution < 1.29 is 19.2 Å². The van der Waals surface area contributed by atoms with Crippen molar-refractivity contribution in [3.05, 3.63) is 0 Å². The van der Waals surface area contributed by atoms with Crippen LogP contribution in [-0.4, -0.2) is 37.8 Å². The first-order valence-electron chi connectivity index (χ1n) is 6.55. The number of esters is 1. The molecule has 0 saturated heterocycles. The summed E-state index contributed by atoms with van der Waals surface area (Å²) in [5.41, 5.74) is 0. The SMILES string of the molecule is C[C@@H](O)CC(=O)O[C@@H](C)/C=N/O[Si](C)(C)C(C)(C)C. The largest absolute Gasteiger partial charge is 0.457 e. The second-order valence-electron chi connectivity index (χ2n) is 6.35. The van der Waals surface area contributed by atoms with Gasteiger partial charge in [0, 0.05) is 0 Å². The van der Waals surface area contributed by atoms with E-state index in [4.69, 9.17) is 14.4 Å². The van der Waals surface area contributed by atoms with Crippen molar-refractivity contribution in [1.82, 2.24) is 0 Å². The molecule has 0 fully saturated rings. The molecule has 0 amide bonds. The fourth-order valence-corrected chi connectivity index (χ4v) is 1.51. The molecule has 0 aromatic carbocycles. The van der Waals surface area contributed by atoms with Gasteiger partial charge in [0.25, 0.3) is 8.32 Å². The molecule has 0 bridgehead atoms. The van der Waals surface area contributed by atoms with Gasteiger partial charge >= 0.3 is 5.97 Å². The number of aliphatic hydroxyl groups excluding tert-OH is 1. The summed E-state index contributed by atoms with van der Waals surface area (Å²) in [6.07, 6.45) is 0.304. The van der Waals surface area contributed by atoms with E-state index >= 15 is 0 Å². The van der Waals surface area contributed by atoms with Crippen LogP contribution in [0.2, 0.25) is 18.1 Å². The van der Waals surface area contributed by atoms with E-state index in [1.54, 1.807) is 13.8 Å². The monoisotopic (exact) mass is 289 g/mol. The Morgan fingerprint density at radius 3 is 2.32 bits per heavy atom. The van der Waals surface area contributed by atoms with Crippen LogP contribution in [0.4, 0.5) is 0 Å². The summed E-state index contributed by atoms with van der Waals surface area (Å²) in [4.78, 5) is 11.3. The molecule has 0 aliphatic carbocycles. The fraction of sp³-hybridized carbons (Fsp3) is 0.846. The first-order chi connectivity index (χ1) is 8.45. The van der Waals surface area contributed by atoms with Crippen LogP contribution in [0.25, 0.3) is 0 Å². The Hall–Kier alpha value is -0.883. The molecule has 112 valence electrons. The number of hydrogen-bond acceptors (Lipinski definition) is 5. The number of carbonyl (C=O) groups is 1. The van der Waals surface area contributed by atoms with Crippen LogP contribution in [-0.2, 0) is 14.1 Å². The Kier molecular flexibility index (Phi) is 6.72. The summed E-state index contributed by atoms with van der Waals surface area (Å²) in [5.74, 6) is -0.443. The molecule has 0 aliphatic heterocycles. The Bertz CT molecular complexity index is 321. The van der Waals surface area contributed by atoms with E-state index in [1.807, 2.05) is 0 Å². The van der Waals surface area contributed by atoms with Gasteiger partial charge in [0.15, 0.2) is 0 Å². The zero-order valence-corrected chi connectivity index (χ0v) is 14.1. The summed E-state index contributed by atoms with van der Waals surface area (Å²) < 4.78 is 10.6. The Labute approximate surface area is 117 Å². The molecule has 1 N–H and O–H groups in total. The first-order valence-corrected chi connectivity index (χ1v) is 9.46. The maximum Gasteiger partial charge on any atom is 0.309 e. The molecule has 0 unspecified atom stereocenters. The summed E-state index contributed by atoms with van der Waals surface area (Å²) in [7, 11) is -1.92. The third kappa shape index (κ3) is 7.32. The topological polar surface area (TPSA) is 68.1 Å². The second kappa shape index (κ2) is 7.05. The molecule has 0 spiro atoms. The Morgan fingerprint density at radius 1 is 1.37 bits per heavy atom. The summed E-state index contributed by atoms with van der Waals surface area (Å²) >= 11 is 0. The summed E-state index contributed by atoms with van der Waals surface area (Å²) in [6.45, 7) is 13.8. The van der Waals surface area contributed by atoms with Gasteiger partial charge in [-0.25, -0.2) is 0 Å². The second-order valence-corrected chi connectivity index (χ2v) is 11.1. The van der Waals surface area contributed by atoms with Crippen molar-refractivity contribution in [2.24, 2.45) is 5.16 Å². The van der Waals surface area contributed by atoms with Crippen LogP contribution in [0.5, 0.6) is 0 Å². The average Bonchev–Trinajstić information content (AvgIpc) is 2.13. The van der Waals surface area contributed by atoms with Crippen LogP contribution in [0, 0.1) is 0 Å². The van der Waals surface area contributed by atoms with E-state index in [2.05, 4.69) is 39.0 Å². The van der Waals surface area contributed by atoms with E-state index in [9.17, 15) is 4.79 Å². The van der Waals surface area contributed by atoms with Gasteiger partial charge in [-0.1, -0.05) is 20.8 Å². The Balaban J connectivity index is 4.24. The van der Waals surface area contributed by atoms with E-state index in [-0.39, 0.29) is 11.5 Å². The number of ether oxygens (including phenoxy) is 1. The molecule has 0 aliphatic rings. The predicted molar refractivity (Wildman–Crippen MR) is 78.6 cm³/mol. The minimum absolute atomic E-state index is 0.0126. The van der Waals surface area contributed by atoms with Gasteiger partial charge in [-0.15, -0.1) is 5.16 Å². The molecule has 0 rings (SSSR count). The molecule has 0 aromatic rings. The van der Waals surface area contributed by atoms with Crippen LogP contribution >= 0.6 is 0 Å². The fourth-order valence-electron chi connectivity index (χ4n) is 0.912. The van der Waals surface area contributed by atoms with E-state index in [1.165, 1.54) is 6.21 Å². The van der Waals surface area contributed by atoms with Gasteiger partial charge in [0.05, 0.1) is 18.7 Å². The molecule has 6 heteroatoms. The molecule has 0 heterocycles. The van der Waals surface area contributed by atoms with Gasteiger partial charge in [-0.2, -0.15) is 0 Å². The van der Waals surface area contributed by atoms with Crippen LogP contribution in [0.15, 0.2) is 5.16 Å². The molecule has 0 radical (unpaired) electrons. The number of aliphatic hydroxyl groups is 1. The van der Waals surface area contributed by atoms with Gasteiger partial charge in [-0.3, -0.25) is 4.79 Å². The molecule has 0 saturated carbocycles. The minimum atomic E-state index is -1.92. The predicted octanol–water partition coefficient (Wildman–Crippen LogP) is 2.70. The summed E-state index contributed by atoms with van der Waals surface area (Å²) in [5, 5.41) is 13.1. The van der Waals surface area contributed by atoms with Crippen molar-refractivity contribution in [1.29, 1.82) is 0 Å². The van der Waals surface area contributed by atoms with Crippen LogP contribution in [0.3, 0.4) is 0 Å². The zero-order valence-electron chi connectivity index (χ0n) is 13.1. The maximum absolute atomic E-state index is 11.3. The molecular formula is C13H27NO4Si. The van der Waals surface area contributed by atoms with Gasteiger partial charge in [0.1, 0.15) is 6.10 Å². The summed E-state index contributed by atoms with van der Waals surface area (Å²) in [6, 6.07) is 0. The lowest BCUT2D eigenvalue weighted by Gasteiger charge is -2.33. The van der Waals surface area contributed by atoms with Crippen LogP contribution in [0.1, 0.15) is 41.0 Å². The number of rotatable bonds is 6.